The van der Waals surface area contributed by atoms with Crippen LogP contribution >= 0.6 is 0 Å². The lowest BCUT2D eigenvalue weighted by Crippen LogP contribution is -2.50. The van der Waals surface area contributed by atoms with Crippen LogP contribution in [0.25, 0.3) is 0 Å². The van der Waals surface area contributed by atoms with Gasteiger partial charge in [-0.3, -0.25) is 4.18 Å². The lowest BCUT2D eigenvalue weighted by atomic mass is 9.84. The predicted molar refractivity (Wildman–Crippen MR) is 113 cm³/mol. The van der Waals surface area contributed by atoms with Crippen LogP contribution < -0.4 is 0 Å². The van der Waals surface area contributed by atoms with Crippen molar-refractivity contribution in [3.05, 3.63) is 29.8 Å². The molecule has 0 radical (unpaired) electrons. The van der Waals surface area contributed by atoms with Gasteiger partial charge < -0.3 is 9.64 Å². The van der Waals surface area contributed by atoms with Gasteiger partial charge in [-0.15, -0.1) is 0 Å². The molecule has 164 valence electrons. The molecule has 1 heterocycles. The molecule has 1 amide bonds. The Bertz CT molecular complexity index is 780. The number of carbonyl (C=O) groups excluding carboxylic acids is 1. The van der Waals surface area contributed by atoms with Gasteiger partial charge in [-0.05, 0) is 70.9 Å². The van der Waals surface area contributed by atoms with Gasteiger partial charge in [-0.25, -0.2) is 4.79 Å². The summed E-state index contributed by atoms with van der Waals surface area (Å²) >= 11 is 0. The average Bonchev–Trinajstić information content (AvgIpc) is 2.60. The number of amides is 1. The van der Waals surface area contributed by atoms with Gasteiger partial charge in [0.1, 0.15) is 5.60 Å². The summed E-state index contributed by atoms with van der Waals surface area (Å²) in [5.41, 5.74) is 0.480. The molecule has 1 aromatic rings. The fraction of sp³-hybridized carbons (Fsp3) is 0.682. The Kier molecular flexibility index (Phi) is 7.74. The minimum Gasteiger partial charge on any atom is -0.444 e. The van der Waals surface area contributed by atoms with Crippen LogP contribution in [0.2, 0.25) is 0 Å². The SMILES string of the molecule is Cc1ccc(S(=O)(=O)OCC[C@H]2CCN(C(=O)OC(C)(C)C)[C@H](C(C)C)C2)cc1. The normalized spacial score (nSPS) is 20.7. The van der Waals surface area contributed by atoms with E-state index < -0.39 is 15.7 Å². The zero-order chi connectivity index (χ0) is 21.8. The van der Waals surface area contributed by atoms with Gasteiger partial charge in [-0.2, -0.15) is 8.42 Å². The number of ether oxygens (including phenoxy) is 1. The molecule has 1 aliphatic heterocycles. The molecule has 0 spiro atoms. The molecule has 0 bridgehead atoms. The third kappa shape index (κ3) is 7.00. The van der Waals surface area contributed by atoms with E-state index in [2.05, 4.69) is 13.8 Å². The predicted octanol–water partition coefficient (Wildman–Crippen LogP) is 4.76. The molecule has 29 heavy (non-hydrogen) atoms. The molecule has 0 unspecified atom stereocenters. The second-order valence-corrected chi connectivity index (χ2v) is 10.9. The first kappa shape index (κ1) is 23.7. The maximum Gasteiger partial charge on any atom is 0.410 e. The van der Waals surface area contributed by atoms with Gasteiger partial charge >= 0.3 is 6.09 Å². The Morgan fingerprint density at radius 3 is 2.38 bits per heavy atom. The minimum atomic E-state index is -3.74. The highest BCUT2D eigenvalue weighted by Gasteiger charge is 2.35. The van der Waals surface area contributed by atoms with Crippen LogP contribution in [0.1, 0.15) is 59.4 Å². The lowest BCUT2D eigenvalue weighted by Gasteiger charge is -2.42. The molecule has 0 saturated carbocycles. The van der Waals surface area contributed by atoms with Crippen molar-refractivity contribution < 1.29 is 22.1 Å². The average molecular weight is 426 g/mol. The van der Waals surface area contributed by atoms with Crippen molar-refractivity contribution in [1.29, 1.82) is 0 Å². The fourth-order valence-corrected chi connectivity index (χ4v) is 4.53. The van der Waals surface area contributed by atoms with Gasteiger partial charge in [0.05, 0.1) is 11.5 Å². The number of carbonyl (C=O) groups is 1. The molecule has 1 aromatic carbocycles. The molecule has 2 atom stereocenters. The Balaban J connectivity index is 1.91. The van der Waals surface area contributed by atoms with Crippen molar-refractivity contribution in [3.8, 4) is 0 Å². The molecule has 6 nitrogen and oxygen atoms in total. The number of likely N-dealkylation sites (tertiary alicyclic amines) is 1. The van der Waals surface area contributed by atoms with Crippen LogP contribution in [-0.4, -0.2) is 44.2 Å². The van der Waals surface area contributed by atoms with E-state index in [4.69, 9.17) is 8.92 Å². The van der Waals surface area contributed by atoms with Crippen LogP contribution in [0.3, 0.4) is 0 Å². The Morgan fingerprint density at radius 2 is 1.83 bits per heavy atom. The van der Waals surface area contributed by atoms with E-state index >= 15 is 0 Å². The zero-order valence-electron chi connectivity index (χ0n) is 18.5. The summed E-state index contributed by atoms with van der Waals surface area (Å²) in [7, 11) is -3.74. The van der Waals surface area contributed by atoms with Crippen molar-refractivity contribution in [1.82, 2.24) is 4.90 Å². The van der Waals surface area contributed by atoms with E-state index in [1.54, 1.807) is 24.3 Å². The van der Waals surface area contributed by atoms with E-state index in [-0.39, 0.29) is 23.6 Å². The van der Waals surface area contributed by atoms with E-state index in [1.807, 2.05) is 32.6 Å². The van der Waals surface area contributed by atoms with Crippen LogP contribution in [0.5, 0.6) is 0 Å². The highest BCUT2D eigenvalue weighted by atomic mass is 32.2. The molecular formula is C22H35NO5S. The van der Waals surface area contributed by atoms with Crippen molar-refractivity contribution in [2.75, 3.05) is 13.2 Å². The van der Waals surface area contributed by atoms with Crippen molar-refractivity contribution in [2.45, 2.75) is 77.3 Å². The number of benzene rings is 1. The Morgan fingerprint density at radius 1 is 1.21 bits per heavy atom. The third-order valence-corrected chi connectivity index (χ3v) is 6.55. The van der Waals surface area contributed by atoms with Crippen LogP contribution in [-0.2, 0) is 19.0 Å². The summed E-state index contributed by atoms with van der Waals surface area (Å²) in [6, 6.07) is 6.74. The maximum atomic E-state index is 12.6. The second kappa shape index (κ2) is 9.47. The summed E-state index contributed by atoms with van der Waals surface area (Å²) in [4.78, 5) is 14.6. The maximum absolute atomic E-state index is 12.6. The van der Waals surface area contributed by atoms with Crippen LogP contribution in [0.4, 0.5) is 4.79 Å². The van der Waals surface area contributed by atoms with Gasteiger partial charge in [0.2, 0.25) is 0 Å². The van der Waals surface area contributed by atoms with E-state index in [1.165, 1.54) is 0 Å². The number of nitrogens with zero attached hydrogens (tertiary/aromatic N) is 1. The second-order valence-electron chi connectivity index (χ2n) is 9.25. The minimum absolute atomic E-state index is 0.0808. The monoisotopic (exact) mass is 425 g/mol. The first-order valence-corrected chi connectivity index (χ1v) is 11.8. The third-order valence-electron chi connectivity index (χ3n) is 5.23. The Labute approximate surface area is 175 Å². The molecule has 0 aromatic heterocycles. The van der Waals surface area contributed by atoms with Crippen molar-refractivity contribution >= 4 is 16.2 Å². The number of hydrogen-bond donors (Lipinski definition) is 0. The highest BCUT2D eigenvalue weighted by Crippen LogP contribution is 2.31. The summed E-state index contributed by atoms with van der Waals surface area (Å²) in [5.74, 6) is 0.608. The molecule has 1 saturated heterocycles. The zero-order valence-corrected chi connectivity index (χ0v) is 19.3. The van der Waals surface area contributed by atoms with Crippen LogP contribution in [0, 0.1) is 18.8 Å². The number of rotatable bonds is 6. The number of aryl methyl sites for hydroxylation is 1. The smallest absolute Gasteiger partial charge is 0.410 e. The molecule has 1 fully saturated rings. The summed E-state index contributed by atoms with van der Waals surface area (Å²) in [6.07, 6.45) is 2.02. The highest BCUT2D eigenvalue weighted by molar-refractivity contribution is 7.86. The van der Waals surface area contributed by atoms with E-state index in [0.717, 1.165) is 18.4 Å². The topological polar surface area (TPSA) is 72.9 Å². The van der Waals surface area contributed by atoms with Gasteiger partial charge in [0.15, 0.2) is 0 Å². The molecular weight excluding hydrogens is 390 g/mol. The van der Waals surface area contributed by atoms with Crippen molar-refractivity contribution in [3.63, 3.8) is 0 Å². The standard InChI is InChI=1S/C22H35NO5S/c1-16(2)20-15-18(11-13-23(20)21(24)28-22(4,5)6)12-14-27-29(25,26)19-9-7-17(3)8-10-19/h7-10,16,18,20H,11-15H2,1-6H3/t18-,20+/m1/s1. The number of piperidine rings is 1. The van der Waals surface area contributed by atoms with E-state index in [0.29, 0.717) is 24.8 Å². The van der Waals surface area contributed by atoms with Crippen molar-refractivity contribution in [2.24, 2.45) is 11.8 Å². The summed E-state index contributed by atoms with van der Waals surface area (Å²) < 4.78 is 35.5. The first-order chi connectivity index (χ1) is 13.4. The Hall–Kier alpha value is -1.60. The largest absolute Gasteiger partial charge is 0.444 e. The number of hydrogen-bond acceptors (Lipinski definition) is 5. The lowest BCUT2D eigenvalue weighted by molar-refractivity contribution is -0.00371. The summed E-state index contributed by atoms with van der Waals surface area (Å²) in [5, 5.41) is 0. The van der Waals surface area contributed by atoms with Gasteiger partial charge in [-0.1, -0.05) is 31.5 Å². The molecule has 2 rings (SSSR count). The fourth-order valence-electron chi connectivity index (χ4n) is 3.61. The molecule has 0 N–H and O–H groups in total. The van der Waals surface area contributed by atoms with Gasteiger partial charge in [0.25, 0.3) is 10.1 Å². The molecule has 1 aliphatic rings. The molecule has 7 heteroatoms. The quantitative estimate of drug-likeness (QED) is 0.614. The van der Waals surface area contributed by atoms with Crippen LogP contribution in [0.15, 0.2) is 29.2 Å². The van der Waals surface area contributed by atoms with E-state index in [9.17, 15) is 13.2 Å². The molecule has 0 aliphatic carbocycles. The summed E-state index contributed by atoms with van der Waals surface area (Å²) in [6.45, 7) is 12.5. The van der Waals surface area contributed by atoms with Gasteiger partial charge in [0, 0.05) is 12.6 Å². The first-order valence-electron chi connectivity index (χ1n) is 10.3.